The lowest BCUT2D eigenvalue weighted by molar-refractivity contribution is -0.136. The van der Waals surface area contributed by atoms with Crippen LogP contribution in [-0.2, 0) is 9.59 Å². The van der Waals surface area contributed by atoms with Crippen molar-refractivity contribution in [2.75, 3.05) is 5.75 Å². The van der Waals surface area contributed by atoms with Gasteiger partial charge in [0, 0.05) is 11.0 Å². The molecule has 1 rings (SSSR count). The van der Waals surface area contributed by atoms with E-state index in [1.807, 2.05) is 0 Å². The van der Waals surface area contributed by atoms with Gasteiger partial charge in [-0.05, 0) is 31.2 Å². The van der Waals surface area contributed by atoms with Crippen LogP contribution in [0.1, 0.15) is 77.6 Å². The van der Waals surface area contributed by atoms with Crippen LogP contribution in [0.4, 0.5) is 0 Å². The van der Waals surface area contributed by atoms with Crippen LogP contribution in [0.25, 0.3) is 0 Å². The minimum atomic E-state index is -0.531. The molecular weight excluding hydrogens is 316 g/mol. The second-order valence-corrected chi connectivity index (χ2v) is 7.86. The molecule has 128 valence electrons. The number of carbonyl (C=O) groups excluding carboxylic acids is 2. The molecule has 4 nitrogen and oxygen atoms in total. The summed E-state index contributed by atoms with van der Waals surface area (Å²) in [5, 5.41) is 0.502. The molecule has 1 aliphatic rings. The van der Waals surface area contributed by atoms with Gasteiger partial charge in [0.25, 0.3) is 0 Å². The van der Waals surface area contributed by atoms with Gasteiger partial charge in [-0.25, -0.2) is 0 Å². The Kier molecular flexibility index (Phi) is 11.7. The lowest BCUT2D eigenvalue weighted by atomic mass is 10.0. The number of amides is 2. The summed E-state index contributed by atoms with van der Waals surface area (Å²) in [6.07, 6.45) is 13.7. The van der Waals surface area contributed by atoms with Crippen molar-refractivity contribution < 1.29 is 9.59 Å². The van der Waals surface area contributed by atoms with Gasteiger partial charge in [0.1, 0.15) is 0 Å². The summed E-state index contributed by atoms with van der Waals surface area (Å²) in [5.41, 5.74) is 0. The van der Waals surface area contributed by atoms with E-state index >= 15 is 0 Å². The van der Waals surface area contributed by atoms with Gasteiger partial charge in [0.15, 0.2) is 0 Å². The summed E-state index contributed by atoms with van der Waals surface area (Å²) in [5.74, 6) is -0.180. The summed E-state index contributed by atoms with van der Waals surface area (Å²) < 4.78 is 5.24. The molecular formula is C16H30N2O2S2. The SMILES string of the molecule is CCCCCCCCCCSNC(=O)C(=O)NSC1CCC1. The average molecular weight is 347 g/mol. The van der Waals surface area contributed by atoms with Crippen molar-refractivity contribution in [3.63, 3.8) is 0 Å². The number of nitrogens with one attached hydrogen (secondary N) is 2. The van der Waals surface area contributed by atoms with Crippen LogP contribution >= 0.6 is 23.9 Å². The third kappa shape index (κ3) is 9.62. The van der Waals surface area contributed by atoms with Gasteiger partial charge in [0.2, 0.25) is 0 Å². The van der Waals surface area contributed by atoms with Gasteiger partial charge in [-0.2, -0.15) is 0 Å². The van der Waals surface area contributed by atoms with E-state index in [1.54, 1.807) is 0 Å². The van der Waals surface area contributed by atoms with E-state index in [-0.39, 0.29) is 0 Å². The minimum absolute atomic E-state index is 0.502. The zero-order valence-corrected chi connectivity index (χ0v) is 15.3. The third-order valence-corrected chi connectivity index (χ3v) is 5.77. The molecule has 1 fully saturated rings. The monoisotopic (exact) mass is 346 g/mol. The van der Waals surface area contributed by atoms with Crippen molar-refractivity contribution in [2.45, 2.75) is 82.8 Å². The highest BCUT2D eigenvalue weighted by molar-refractivity contribution is 7.99. The molecule has 0 spiro atoms. The number of hydrogen-bond donors (Lipinski definition) is 2. The highest BCUT2D eigenvalue weighted by Gasteiger charge is 2.21. The summed E-state index contributed by atoms with van der Waals surface area (Å²) >= 11 is 2.73. The summed E-state index contributed by atoms with van der Waals surface area (Å²) in [7, 11) is 0. The standard InChI is InChI=1S/C16H30N2O2S2/c1-2-3-4-5-6-7-8-9-13-21-17-15(19)16(20)18-22-14-11-10-12-14/h14H,2-13H2,1H3,(H,17,19)(H,18,20). The van der Waals surface area contributed by atoms with Crippen LogP contribution in [-0.4, -0.2) is 22.8 Å². The largest absolute Gasteiger partial charge is 0.320 e. The molecule has 0 aromatic carbocycles. The summed E-state index contributed by atoms with van der Waals surface area (Å²) in [6.45, 7) is 2.23. The van der Waals surface area contributed by atoms with Gasteiger partial charge in [-0.3, -0.25) is 19.0 Å². The lowest BCUT2D eigenvalue weighted by Crippen LogP contribution is -2.35. The molecule has 0 aromatic heterocycles. The molecule has 22 heavy (non-hydrogen) atoms. The van der Waals surface area contributed by atoms with Crippen molar-refractivity contribution in [3.8, 4) is 0 Å². The Labute approximate surface area is 143 Å². The Bertz CT molecular complexity index is 323. The predicted molar refractivity (Wildman–Crippen MR) is 96.6 cm³/mol. The molecule has 0 unspecified atom stereocenters. The molecule has 0 atom stereocenters. The lowest BCUT2D eigenvalue weighted by Gasteiger charge is -2.23. The third-order valence-electron chi connectivity index (χ3n) is 3.84. The van der Waals surface area contributed by atoms with Gasteiger partial charge < -0.3 is 0 Å². The van der Waals surface area contributed by atoms with E-state index in [4.69, 9.17) is 0 Å². The van der Waals surface area contributed by atoms with Crippen LogP contribution in [0.15, 0.2) is 0 Å². The van der Waals surface area contributed by atoms with Crippen molar-refractivity contribution in [3.05, 3.63) is 0 Å². The molecule has 2 amide bonds. The summed E-state index contributed by atoms with van der Waals surface area (Å²) in [6, 6.07) is 0. The topological polar surface area (TPSA) is 58.2 Å². The van der Waals surface area contributed by atoms with E-state index in [2.05, 4.69) is 16.4 Å². The van der Waals surface area contributed by atoms with Gasteiger partial charge >= 0.3 is 11.8 Å². The highest BCUT2D eigenvalue weighted by Crippen LogP contribution is 2.28. The normalized spacial score (nSPS) is 14.4. The number of unbranched alkanes of at least 4 members (excludes halogenated alkanes) is 7. The first-order chi connectivity index (χ1) is 10.7. The smallest absolute Gasteiger partial charge is 0.292 e. The predicted octanol–water partition coefficient (Wildman–Crippen LogP) is 4.21. The van der Waals surface area contributed by atoms with Crippen LogP contribution in [0.2, 0.25) is 0 Å². The van der Waals surface area contributed by atoms with E-state index in [0.717, 1.165) is 25.0 Å². The molecule has 0 heterocycles. The Morgan fingerprint density at radius 1 is 0.909 bits per heavy atom. The molecule has 0 saturated heterocycles. The second-order valence-electron chi connectivity index (χ2n) is 5.86. The fraction of sp³-hybridized carbons (Fsp3) is 0.875. The molecule has 6 heteroatoms. The molecule has 2 N–H and O–H groups in total. The first kappa shape index (κ1) is 19.7. The molecule has 0 bridgehead atoms. The number of hydrogen-bond acceptors (Lipinski definition) is 4. The molecule has 0 aliphatic heterocycles. The van der Waals surface area contributed by atoms with Crippen LogP contribution in [0, 0.1) is 0 Å². The molecule has 0 radical (unpaired) electrons. The van der Waals surface area contributed by atoms with E-state index in [0.29, 0.717) is 5.25 Å². The van der Waals surface area contributed by atoms with Gasteiger partial charge in [-0.15, -0.1) is 0 Å². The first-order valence-corrected chi connectivity index (χ1v) is 10.5. The maximum atomic E-state index is 11.5. The van der Waals surface area contributed by atoms with Crippen molar-refractivity contribution >= 4 is 35.7 Å². The second kappa shape index (κ2) is 13.1. The van der Waals surface area contributed by atoms with Crippen LogP contribution in [0.3, 0.4) is 0 Å². The van der Waals surface area contributed by atoms with Crippen LogP contribution in [0.5, 0.6) is 0 Å². The highest BCUT2D eigenvalue weighted by atomic mass is 32.2. The maximum Gasteiger partial charge on any atom is 0.320 e. The Morgan fingerprint density at radius 2 is 1.50 bits per heavy atom. The number of rotatable bonds is 12. The van der Waals surface area contributed by atoms with Crippen molar-refractivity contribution in [1.29, 1.82) is 0 Å². The minimum Gasteiger partial charge on any atom is -0.292 e. The first-order valence-electron chi connectivity index (χ1n) is 8.61. The van der Waals surface area contributed by atoms with Crippen LogP contribution < -0.4 is 9.44 Å². The van der Waals surface area contributed by atoms with E-state index in [9.17, 15) is 9.59 Å². The molecule has 1 aliphatic carbocycles. The Hall–Kier alpha value is -0.360. The molecule has 0 aromatic rings. The fourth-order valence-electron chi connectivity index (χ4n) is 2.14. The Balaban J connectivity index is 1.84. The summed E-state index contributed by atoms with van der Waals surface area (Å²) in [4.78, 5) is 23.1. The van der Waals surface area contributed by atoms with Gasteiger partial charge in [0.05, 0.1) is 0 Å². The maximum absolute atomic E-state index is 11.5. The fourth-order valence-corrected chi connectivity index (χ4v) is 3.75. The van der Waals surface area contributed by atoms with E-state index in [1.165, 1.54) is 75.3 Å². The van der Waals surface area contributed by atoms with E-state index < -0.39 is 11.8 Å². The average Bonchev–Trinajstić information content (AvgIpc) is 2.47. The Morgan fingerprint density at radius 3 is 2.09 bits per heavy atom. The van der Waals surface area contributed by atoms with Gasteiger partial charge in [-0.1, -0.05) is 70.2 Å². The number of carbonyl (C=O) groups is 2. The zero-order valence-electron chi connectivity index (χ0n) is 13.7. The van der Waals surface area contributed by atoms with Crippen molar-refractivity contribution in [1.82, 2.24) is 9.44 Å². The molecule has 1 saturated carbocycles. The zero-order chi connectivity index (χ0) is 16.0. The quantitative estimate of drug-likeness (QED) is 0.316. The van der Waals surface area contributed by atoms with Crippen molar-refractivity contribution in [2.24, 2.45) is 0 Å².